The van der Waals surface area contributed by atoms with E-state index in [1.165, 1.54) is 6.20 Å². The largest absolute Gasteiger partial charge is 0.385 e. The molecule has 2 unspecified atom stereocenters. The smallest absolute Gasteiger partial charge is 0.225 e. The van der Waals surface area contributed by atoms with Crippen LogP contribution in [0.4, 0.5) is 0 Å². The highest BCUT2D eigenvalue weighted by atomic mass is 35.5. The molecule has 20 heavy (non-hydrogen) atoms. The van der Waals surface area contributed by atoms with Gasteiger partial charge >= 0.3 is 0 Å². The molecule has 0 bridgehead atoms. The van der Waals surface area contributed by atoms with Crippen LogP contribution in [0.15, 0.2) is 6.20 Å². The van der Waals surface area contributed by atoms with Gasteiger partial charge in [0.2, 0.25) is 5.91 Å². The van der Waals surface area contributed by atoms with Crippen molar-refractivity contribution < 1.29 is 9.90 Å². The number of amides is 1. The molecule has 0 radical (unpaired) electrons. The van der Waals surface area contributed by atoms with Gasteiger partial charge in [0, 0.05) is 26.2 Å². The lowest BCUT2D eigenvalue weighted by atomic mass is 10.2. The lowest BCUT2D eigenvalue weighted by molar-refractivity contribution is -0.132. The maximum atomic E-state index is 12.2. The van der Waals surface area contributed by atoms with E-state index in [0.717, 1.165) is 19.5 Å². The highest BCUT2D eigenvalue weighted by Crippen LogP contribution is 2.21. The number of rotatable bonds is 4. The number of aliphatic hydroxyl groups is 1. The Hall–Kier alpha value is -1.11. The first-order valence-corrected chi connectivity index (χ1v) is 7.07. The van der Waals surface area contributed by atoms with Gasteiger partial charge in [-0.3, -0.25) is 4.79 Å². The summed E-state index contributed by atoms with van der Waals surface area (Å²) in [6, 6.07) is 0.402. The summed E-state index contributed by atoms with van der Waals surface area (Å²) in [4.78, 5) is 20.2. The summed E-state index contributed by atoms with van der Waals surface area (Å²) >= 11 is 5.88. The van der Waals surface area contributed by atoms with Crippen molar-refractivity contribution in [2.24, 2.45) is 7.05 Å². The van der Waals surface area contributed by atoms with Crippen LogP contribution < -0.4 is 0 Å². The first kappa shape index (κ1) is 15.3. The second kappa shape index (κ2) is 6.11. The maximum Gasteiger partial charge on any atom is 0.225 e. The zero-order valence-corrected chi connectivity index (χ0v) is 12.8. The molecule has 0 spiro atoms. The third-order valence-electron chi connectivity index (χ3n) is 3.88. The van der Waals surface area contributed by atoms with E-state index in [9.17, 15) is 9.90 Å². The van der Waals surface area contributed by atoms with Gasteiger partial charge in [-0.2, -0.15) is 0 Å². The summed E-state index contributed by atoms with van der Waals surface area (Å²) in [5.41, 5.74) is 0. The monoisotopic (exact) mass is 300 g/mol. The highest BCUT2D eigenvalue weighted by Gasteiger charge is 2.29. The third kappa shape index (κ3) is 3.13. The molecule has 1 fully saturated rings. The van der Waals surface area contributed by atoms with Gasteiger partial charge in [0.25, 0.3) is 0 Å². The minimum Gasteiger partial charge on any atom is -0.385 e. The molecular formula is C13H21ClN4O2. The van der Waals surface area contributed by atoms with Crippen molar-refractivity contribution in [3.05, 3.63) is 17.2 Å². The van der Waals surface area contributed by atoms with Gasteiger partial charge in [-0.25, -0.2) is 4.98 Å². The number of aliphatic hydroxyl groups excluding tert-OH is 1. The van der Waals surface area contributed by atoms with E-state index in [0.29, 0.717) is 17.0 Å². The molecule has 6 nitrogen and oxygen atoms in total. The second-order valence-corrected chi connectivity index (χ2v) is 5.85. The molecule has 1 amide bonds. The maximum absolute atomic E-state index is 12.2. The number of likely N-dealkylation sites (N-methyl/N-ethyl adjacent to an activating group) is 1. The number of carbonyl (C=O) groups is 1. The van der Waals surface area contributed by atoms with Gasteiger partial charge in [-0.05, 0) is 20.5 Å². The van der Waals surface area contributed by atoms with Gasteiger partial charge in [0.05, 0.1) is 12.6 Å². The Morgan fingerprint density at radius 2 is 2.35 bits per heavy atom. The molecule has 1 saturated heterocycles. The number of carbonyl (C=O) groups excluding carboxylic acids is 1. The van der Waals surface area contributed by atoms with Crippen molar-refractivity contribution in [1.29, 1.82) is 0 Å². The van der Waals surface area contributed by atoms with Crippen LogP contribution in [-0.2, 0) is 11.8 Å². The van der Waals surface area contributed by atoms with Crippen LogP contribution in [-0.4, -0.2) is 63.6 Å². The molecule has 1 N–H and O–H groups in total. The zero-order chi connectivity index (χ0) is 14.9. The molecule has 2 rings (SSSR count). The first-order chi connectivity index (χ1) is 9.40. The molecule has 2 atom stereocenters. The van der Waals surface area contributed by atoms with Gasteiger partial charge < -0.3 is 19.5 Å². The lowest BCUT2D eigenvalue weighted by Crippen LogP contribution is -2.35. The molecule has 2 heterocycles. The van der Waals surface area contributed by atoms with E-state index in [1.807, 2.05) is 14.1 Å². The Labute approximate surface area is 123 Å². The highest BCUT2D eigenvalue weighted by molar-refractivity contribution is 6.29. The fraction of sp³-hybridized carbons (Fsp3) is 0.692. The van der Waals surface area contributed by atoms with Gasteiger partial charge in [0.15, 0.2) is 0 Å². The van der Waals surface area contributed by atoms with Crippen LogP contribution in [0.5, 0.6) is 0 Å². The number of hydrogen-bond acceptors (Lipinski definition) is 4. The van der Waals surface area contributed by atoms with Crippen molar-refractivity contribution in [2.75, 3.05) is 27.2 Å². The van der Waals surface area contributed by atoms with Gasteiger partial charge in [0.1, 0.15) is 17.1 Å². The Morgan fingerprint density at radius 3 is 2.85 bits per heavy atom. The van der Waals surface area contributed by atoms with E-state index in [4.69, 9.17) is 11.6 Å². The van der Waals surface area contributed by atoms with Crippen molar-refractivity contribution in [3.8, 4) is 0 Å². The summed E-state index contributed by atoms with van der Waals surface area (Å²) in [6.45, 7) is 1.47. The van der Waals surface area contributed by atoms with E-state index in [1.54, 1.807) is 16.5 Å². The average molecular weight is 301 g/mol. The molecule has 112 valence electrons. The Morgan fingerprint density at radius 1 is 1.65 bits per heavy atom. The molecular weight excluding hydrogens is 280 g/mol. The predicted octanol–water partition coefficient (Wildman–Crippen LogP) is 0.659. The standard InChI is InChI=1S/C13H21ClN4O2/c1-16(2)9-4-5-18(8-9)12(20)6-10(19)13-15-7-11(14)17(13)3/h7,9-10,19H,4-6,8H2,1-3H3. The summed E-state index contributed by atoms with van der Waals surface area (Å²) in [5.74, 6) is 0.382. The molecule has 1 aromatic heterocycles. The Bertz CT molecular complexity index is 489. The average Bonchev–Trinajstić information content (AvgIpc) is 2.98. The fourth-order valence-corrected chi connectivity index (χ4v) is 2.62. The molecule has 1 aliphatic heterocycles. The predicted molar refractivity (Wildman–Crippen MR) is 76.5 cm³/mol. The molecule has 1 aliphatic rings. The lowest BCUT2D eigenvalue weighted by Gasteiger charge is -2.21. The van der Waals surface area contributed by atoms with Crippen LogP contribution in [0, 0.1) is 0 Å². The minimum atomic E-state index is -0.918. The number of nitrogens with zero attached hydrogens (tertiary/aromatic N) is 4. The van der Waals surface area contributed by atoms with Gasteiger partial charge in [-0.1, -0.05) is 11.6 Å². The molecule has 0 aliphatic carbocycles. The van der Waals surface area contributed by atoms with Crippen LogP contribution in [0.3, 0.4) is 0 Å². The topological polar surface area (TPSA) is 61.6 Å². The number of imidazole rings is 1. The van der Waals surface area contributed by atoms with Crippen molar-refractivity contribution in [3.63, 3.8) is 0 Å². The molecule has 0 saturated carbocycles. The summed E-state index contributed by atoms with van der Waals surface area (Å²) in [5, 5.41) is 10.6. The quantitative estimate of drug-likeness (QED) is 0.887. The van der Waals surface area contributed by atoms with Crippen LogP contribution >= 0.6 is 11.6 Å². The first-order valence-electron chi connectivity index (χ1n) is 6.69. The van der Waals surface area contributed by atoms with Gasteiger partial charge in [-0.15, -0.1) is 0 Å². The van der Waals surface area contributed by atoms with E-state index in [-0.39, 0.29) is 12.3 Å². The number of aromatic nitrogens is 2. The number of likely N-dealkylation sites (tertiary alicyclic amines) is 1. The van der Waals surface area contributed by atoms with Crippen LogP contribution in [0.1, 0.15) is 24.8 Å². The van der Waals surface area contributed by atoms with E-state index in [2.05, 4.69) is 9.88 Å². The molecule has 7 heteroatoms. The van der Waals surface area contributed by atoms with Crippen LogP contribution in [0.2, 0.25) is 5.15 Å². The van der Waals surface area contributed by atoms with E-state index >= 15 is 0 Å². The normalized spacial score (nSPS) is 20.7. The number of hydrogen-bond donors (Lipinski definition) is 1. The number of halogens is 1. The Balaban J connectivity index is 1.93. The summed E-state index contributed by atoms with van der Waals surface area (Å²) < 4.78 is 1.59. The van der Waals surface area contributed by atoms with Crippen molar-refractivity contribution >= 4 is 17.5 Å². The third-order valence-corrected chi connectivity index (χ3v) is 4.23. The fourth-order valence-electron chi connectivity index (χ4n) is 2.49. The van der Waals surface area contributed by atoms with Crippen molar-refractivity contribution in [1.82, 2.24) is 19.4 Å². The summed E-state index contributed by atoms with van der Waals surface area (Å²) in [7, 11) is 5.75. The zero-order valence-electron chi connectivity index (χ0n) is 12.1. The SMILES string of the molecule is CN(C)C1CCN(C(=O)CC(O)c2ncc(Cl)n2C)C1. The molecule has 1 aromatic rings. The minimum absolute atomic E-state index is 0.0408. The van der Waals surface area contributed by atoms with Crippen molar-refractivity contribution in [2.45, 2.75) is 25.0 Å². The van der Waals surface area contributed by atoms with Crippen LogP contribution in [0.25, 0.3) is 0 Å². The second-order valence-electron chi connectivity index (χ2n) is 5.46. The van der Waals surface area contributed by atoms with E-state index < -0.39 is 6.10 Å². The molecule has 0 aromatic carbocycles. The Kier molecular flexibility index (Phi) is 4.67. The summed E-state index contributed by atoms with van der Waals surface area (Å²) in [6.07, 6.45) is 1.57.